The van der Waals surface area contributed by atoms with Crippen molar-refractivity contribution in [3.63, 3.8) is 0 Å². The molecule has 0 aliphatic carbocycles. The zero-order valence-electron chi connectivity index (χ0n) is 16.3. The number of aryl methyl sites for hydroxylation is 2. The van der Waals surface area contributed by atoms with Gasteiger partial charge in [0, 0.05) is 18.1 Å². The molecule has 0 saturated carbocycles. The van der Waals surface area contributed by atoms with Gasteiger partial charge in [-0.3, -0.25) is 15.2 Å². The molecule has 0 bridgehead atoms. The molecular weight excluding hydrogens is 401 g/mol. The van der Waals surface area contributed by atoms with Gasteiger partial charge in [0.2, 0.25) is 11.9 Å². The standard InChI is InChI=1S/C20H19F3N4O3/c1-29-16-5-3-11(7-17(16)30-2)4-6-18-24-20(27-26-18)25-19(28)9-12-8-14(22)15(23)10-13(12)21/h3,5,7-8,10H,4,6,9H2,1-2H3,(H2,24,25,26,27,28). The Morgan fingerprint density at radius 2 is 1.73 bits per heavy atom. The van der Waals surface area contributed by atoms with E-state index >= 15 is 0 Å². The second-order valence-electron chi connectivity index (χ2n) is 6.38. The number of nitrogens with zero attached hydrogens (tertiary/aromatic N) is 2. The summed E-state index contributed by atoms with van der Waals surface area (Å²) >= 11 is 0. The van der Waals surface area contributed by atoms with E-state index in [1.807, 2.05) is 12.1 Å². The maximum Gasteiger partial charge on any atom is 0.248 e. The van der Waals surface area contributed by atoms with E-state index < -0.39 is 29.8 Å². The minimum Gasteiger partial charge on any atom is -0.493 e. The number of carbonyl (C=O) groups is 1. The molecule has 1 heterocycles. The van der Waals surface area contributed by atoms with Crippen molar-refractivity contribution in [1.29, 1.82) is 0 Å². The van der Waals surface area contributed by atoms with Crippen molar-refractivity contribution in [2.75, 3.05) is 19.5 Å². The maximum absolute atomic E-state index is 13.7. The fourth-order valence-electron chi connectivity index (χ4n) is 2.80. The third-order valence-electron chi connectivity index (χ3n) is 4.32. The number of amides is 1. The van der Waals surface area contributed by atoms with Crippen LogP contribution in [-0.4, -0.2) is 35.3 Å². The average molecular weight is 420 g/mol. The molecule has 0 fully saturated rings. The number of methoxy groups -OCH3 is 2. The molecule has 3 rings (SSSR count). The lowest BCUT2D eigenvalue weighted by molar-refractivity contribution is -0.115. The van der Waals surface area contributed by atoms with Crippen molar-refractivity contribution in [3.05, 3.63) is 64.7 Å². The van der Waals surface area contributed by atoms with Crippen LogP contribution in [0.25, 0.3) is 0 Å². The van der Waals surface area contributed by atoms with Crippen molar-refractivity contribution >= 4 is 11.9 Å². The average Bonchev–Trinajstić information content (AvgIpc) is 3.17. The smallest absolute Gasteiger partial charge is 0.248 e. The fraction of sp³-hybridized carbons (Fsp3) is 0.250. The highest BCUT2D eigenvalue weighted by Gasteiger charge is 2.15. The van der Waals surface area contributed by atoms with Crippen LogP contribution < -0.4 is 14.8 Å². The Kier molecular flexibility index (Phi) is 6.55. The molecule has 2 N–H and O–H groups in total. The van der Waals surface area contributed by atoms with Crippen LogP contribution in [-0.2, 0) is 24.1 Å². The van der Waals surface area contributed by atoms with E-state index in [0.717, 1.165) is 5.56 Å². The summed E-state index contributed by atoms with van der Waals surface area (Å²) < 4.78 is 50.3. The van der Waals surface area contributed by atoms with E-state index in [1.165, 1.54) is 0 Å². The van der Waals surface area contributed by atoms with Gasteiger partial charge in [0.25, 0.3) is 0 Å². The third-order valence-corrected chi connectivity index (χ3v) is 4.32. The first-order valence-corrected chi connectivity index (χ1v) is 8.95. The number of rotatable bonds is 8. The van der Waals surface area contributed by atoms with E-state index in [9.17, 15) is 18.0 Å². The van der Waals surface area contributed by atoms with Crippen LogP contribution in [0.1, 0.15) is 17.0 Å². The molecule has 0 aliphatic rings. The summed E-state index contributed by atoms with van der Waals surface area (Å²) in [6, 6.07) is 6.61. The molecule has 0 aliphatic heterocycles. The fourth-order valence-corrected chi connectivity index (χ4v) is 2.80. The predicted octanol–water partition coefficient (Wildman–Crippen LogP) is 3.21. The number of carbonyl (C=O) groups excluding carboxylic acids is 1. The number of hydrogen-bond donors (Lipinski definition) is 2. The van der Waals surface area contributed by atoms with E-state index in [1.54, 1.807) is 20.3 Å². The first kappa shape index (κ1) is 21.2. The molecule has 3 aromatic rings. The normalized spacial score (nSPS) is 10.7. The number of ether oxygens (including phenoxy) is 2. The highest BCUT2D eigenvalue weighted by molar-refractivity contribution is 5.90. The van der Waals surface area contributed by atoms with Gasteiger partial charge >= 0.3 is 0 Å². The lowest BCUT2D eigenvalue weighted by Gasteiger charge is -2.09. The van der Waals surface area contributed by atoms with Crippen LogP contribution in [0.5, 0.6) is 11.5 Å². The highest BCUT2D eigenvalue weighted by Crippen LogP contribution is 2.28. The van der Waals surface area contributed by atoms with Gasteiger partial charge in [-0.15, -0.1) is 5.10 Å². The highest BCUT2D eigenvalue weighted by atomic mass is 19.2. The van der Waals surface area contributed by atoms with Gasteiger partial charge in [-0.2, -0.15) is 4.98 Å². The predicted molar refractivity (Wildman–Crippen MR) is 102 cm³/mol. The SMILES string of the molecule is COc1ccc(CCc2nc(NC(=O)Cc3cc(F)c(F)cc3F)n[nH]2)cc1OC. The third kappa shape index (κ3) is 5.07. The van der Waals surface area contributed by atoms with E-state index in [0.29, 0.717) is 42.3 Å². The van der Waals surface area contributed by atoms with Gasteiger partial charge in [-0.05, 0) is 30.2 Å². The summed E-state index contributed by atoms with van der Waals surface area (Å²) in [5.74, 6) is -2.43. The summed E-state index contributed by atoms with van der Waals surface area (Å²) in [5, 5.41) is 8.99. The molecule has 10 heteroatoms. The zero-order chi connectivity index (χ0) is 21.7. The van der Waals surface area contributed by atoms with E-state index in [2.05, 4.69) is 20.5 Å². The van der Waals surface area contributed by atoms with Crippen LogP contribution in [0.4, 0.5) is 19.1 Å². The van der Waals surface area contributed by atoms with E-state index in [4.69, 9.17) is 9.47 Å². The lowest BCUT2D eigenvalue weighted by Crippen LogP contribution is -2.16. The van der Waals surface area contributed by atoms with Gasteiger partial charge in [0.1, 0.15) is 11.6 Å². The first-order chi connectivity index (χ1) is 14.4. The maximum atomic E-state index is 13.7. The van der Waals surface area contributed by atoms with E-state index in [-0.39, 0.29) is 11.5 Å². The number of benzene rings is 2. The molecule has 2 aromatic carbocycles. The number of aromatic nitrogens is 3. The molecule has 0 radical (unpaired) electrons. The molecule has 0 atom stereocenters. The second-order valence-corrected chi connectivity index (χ2v) is 6.38. The number of nitrogens with one attached hydrogen (secondary N) is 2. The molecule has 0 unspecified atom stereocenters. The Bertz CT molecular complexity index is 1060. The van der Waals surface area contributed by atoms with Crippen molar-refractivity contribution < 1.29 is 27.4 Å². The molecule has 30 heavy (non-hydrogen) atoms. The summed E-state index contributed by atoms with van der Waals surface area (Å²) in [7, 11) is 3.11. The molecule has 0 saturated heterocycles. The van der Waals surface area contributed by atoms with Crippen LogP contribution in [0.3, 0.4) is 0 Å². The van der Waals surface area contributed by atoms with Gasteiger partial charge in [0.05, 0.1) is 20.6 Å². The molecule has 158 valence electrons. The molecule has 1 aromatic heterocycles. The van der Waals surface area contributed by atoms with Crippen LogP contribution in [0.2, 0.25) is 0 Å². The van der Waals surface area contributed by atoms with Gasteiger partial charge in [-0.1, -0.05) is 6.07 Å². The summed E-state index contributed by atoms with van der Waals surface area (Å²) in [6.07, 6.45) is 0.651. The van der Waals surface area contributed by atoms with Gasteiger partial charge in [-0.25, -0.2) is 13.2 Å². The molecule has 0 spiro atoms. The Morgan fingerprint density at radius 1 is 1.00 bits per heavy atom. The molecular formula is C20H19F3N4O3. The second kappa shape index (κ2) is 9.29. The molecule has 7 nitrogen and oxygen atoms in total. The number of anilines is 1. The van der Waals surface area contributed by atoms with Crippen LogP contribution in [0, 0.1) is 17.5 Å². The van der Waals surface area contributed by atoms with Gasteiger partial charge < -0.3 is 9.47 Å². The monoisotopic (exact) mass is 420 g/mol. The topological polar surface area (TPSA) is 89.1 Å². The minimum absolute atomic E-state index is 0.00491. The molecule has 1 amide bonds. The summed E-state index contributed by atoms with van der Waals surface area (Å²) in [5.41, 5.74) is 0.721. The van der Waals surface area contributed by atoms with Crippen molar-refractivity contribution in [2.45, 2.75) is 19.3 Å². The Labute approximate surface area is 170 Å². The van der Waals surface area contributed by atoms with Crippen molar-refractivity contribution in [2.24, 2.45) is 0 Å². The first-order valence-electron chi connectivity index (χ1n) is 8.95. The number of hydrogen-bond acceptors (Lipinski definition) is 5. The lowest BCUT2D eigenvalue weighted by atomic mass is 10.1. The summed E-state index contributed by atoms with van der Waals surface area (Å²) in [6.45, 7) is 0. The van der Waals surface area contributed by atoms with Crippen molar-refractivity contribution in [3.8, 4) is 11.5 Å². The van der Waals surface area contributed by atoms with Gasteiger partial charge in [0.15, 0.2) is 23.1 Å². The Hall–Kier alpha value is -3.56. The van der Waals surface area contributed by atoms with Crippen molar-refractivity contribution in [1.82, 2.24) is 15.2 Å². The minimum atomic E-state index is -1.32. The largest absolute Gasteiger partial charge is 0.493 e. The van der Waals surface area contributed by atoms with Crippen LogP contribution >= 0.6 is 0 Å². The number of H-pyrrole nitrogens is 1. The number of halogens is 3. The Morgan fingerprint density at radius 3 is 2.47 bits per heavy atom. The van der Waals surface area contributed by atoms with Crippen LogP contribution in [0.15, 0.2) is 30.3 Å². The number of aromatic amines is 1. The summed E-state index contributed by atoms with van der Waals surface area (Å²) in [4.78, 5) is 16.2. The quantitative estimate of drug-likeness (QED) is 0.547. The Balaban J connectivity index is 1.57. The zero-order valence-corrected chi connectivity index (χ0v) is 16.3.